The maximum atomic E-state index is 11.9. The molecule has 1 N–H and O–H groups in total. The van der Waals surface area contributed by atoms with E-state index in [1.54, 1.807) is 24.4 Å². The SMILES string of the molecule is O=C(CCc1ncc(-c2ccccc2Cl)o1)Nc1ccc(Cl)cn1. The van der Waals surface area contributed by atoms with E-state index >= 15 is 0 Å². The van der Waals surface area contributed by atoms with Crippen LogP contribution in [-0.4, -0.2) is 15.9 Å². The molecule has 0 radical (unpaired) electrons. The molecule has 0 bridgehead atoms. The number of rotatable bonds is 5. The first-order valence-electron chi connectivity index (χ1n) is 7.23. The van der Waals surface area contributed by atoms with E-state index in [1.807, 2.05) is 18.2 Å². The molecule has 0 aliphatic heterocycles. The highest BCUT2D eigenvalue weighted by atomic mass is 35.5. The molecule has 3 aromatic rings. The monoisotopic (exact) mass is 361 g/mol. The van der Waals surface area contributed by atoms with Gasteiger partial charge in [-0.3, -0.25) is 4.79 Å². The van der Waals surface area contributed by atoms with E-state index in [9.17, 15) is 4.79 Å². The number of carbonyl (C=O) groups is 1. The van der Waals surface area contributed by atoms with Gasteiger partial charge < -0.3 is 9.73 Å². The Morgan fingerprint density at radius 3 is 2.67 bits per heavy atom. The number of oxazole rings is 1. The lowest BCUT2D eigenvalue weighted by atomic mass is 10.2. The van der Waals surface area contributed by atoms with Crippen LogP contribution in [-0.2, 0) is 11.2 Å². The minimum atomic E-state index is -0.178. The van der Waals surface area contributed by atoms with Crippen molar-refractivity contribution < 1.29 is 9.21 Å². The highest BCUT2D eigenvalue weighted by Gasteiger charge is 2.11. The fourth-order valence-electron chi connectivity index (χ4n) is 2.09. The average Bonchev–Trinajstić information content (AvgIpc) is 3.04. The zero-order chi connectivity index (χ0) is 16.9. The van der Waals surface area contributed by atoms with Gasteiger partial charge in [-0.05, 0) is 24.3 Å². The van der Waals surface area contributed by atoms with Gasteiger partial charge in [0.25, 0.3) is 0 Å². The van der Waals surface area contributed by atoms with Crippen LogP contribution in [0.4, 0.5) is 5.82 Å². The highest BCUT2D eigenvalue weighted by molar-refractivity contribution is 6.33. The average molecular weight is 362 g/mol. The van der Waals surface area contributed by atoms with E-state index in [0.29, 0.717) is 33.9 Å². The van der Waals surface area contributed by atoms with Crippen molar-refractivity contribution in [1.29, 1.82) is 0 Å². The zero-order valence-corrected chi connectivity index (χ0v) is 14.0. The number of aromatic nitrogens is 2. The second kappa shape index (κ2) is 7.47. The van der Waals surface area contributed by atoms with Crippen LogP contribution in [0.1, 0.15) is 12.3 Å². The van der Waals surface area contributed by atoms with E-state index in [-0.39, 0.29) is 12.3 Å². The number of aryl methyl sites for hydroxylation is 1. The Morgan fingerprint density at radius 1 is 1.08 bits per heavy atom. The predicted molar refractivity (Wildman–Crippen MR) is 93.1 cm³/mol. The van der Waals surface area contributed by atoms with E-state index in [0.717, 1.165) is 5.56 Å². The zero-order valence-electron chi connectivity index (χ0n) is 12.5. The molecule has 3 rings (SSSR count). The van der Waals surface area contributed by atoms with Gasteiger partial charge in [0.1, 0.15) is 5.82 Å². The van der Waals surface area contributed by atoms with Crippen molar-refractivity contribution in [3.05, 3.63) is 64.7 Å². The summed E-state index contributed by atoms with van der Waals surface area (Å²) < 4.78 is 5.66. The molecule has 7 heteroatoms. The van der Waals surface area contributed by atoms with Crippen LogP contribution in [0.2, 0.25) is 10.0 Å². The number of amides is 1. The second-order valence-corrected chi connectivity index (χ2v) is 5.85. The summed E-state index contributed by atoms with van der Waals surface area (Å²) in [4.78, 5) is 20.1. The van der Waals surface area contributed by atoms with Crippen LogP contribution in [0.15, 0.2) is 53.2 Å². The van der Waals surface area contributed by atoms with Crippen LogP contribution >= 0.6 is 23.2 Å². The molecule has 0 saturated heterocycles. The van der Waals surface area contributed by atoms with Gasteiger partial charge in [-0.2, -0.15) is 0 Å². The van der Waals surface area contributed by atoms with Crippen molar-refractivity contribution in [2.45, 2.75) is 12.8 Å². The Bertz CT molecular complexity index is 847. The van der Waals surface area contributed by atoms with Crippen molar-refractivity contribution >= 4 is 34.9 Å². The maximum absolute atomic E-state index is 11.9. The van der Waals surface area contributed by atoms with Gasteiger partial charge in [-0.15, -0.1) is 0 Å². The largest absolute Gasteiger partial charge is 0.441 e. The summed E-state index contributed by atoms with van der Waals surface area (Å²) in [5.74, 6) is 1.33. The normalized spacial score (nSPS) is 10.6. The standard InChI is InChI=1S/C17H13Cl2N3O2/c18-11-5-6-15(20-9-11)22-16(23)7-8-17-21-10-14(24-17)12-3-1-2-4-13(12)19/h1-6,9-10H,7-8H2,(H,20,22,23). The molecule has 122 valence electrons. The van der Waals surface area contributed by atoms with Crippen LogP contribution < -0.4 is 5.32 Å². The van der Waals surface area contributed by atoms with E-state index in [2.05, 4.69) is 15.3 Å². The van der Waals surface area contributed by atoms with Crippen LogP contribution in [0.5, 0.6) is 0 Å². The molecule has 2 heterocycles. The Hall–Kier alpha value is -2.37. The number of pyridine rings is 1. The first-order valence-corrected chi connectivity index (χ1v) is 7.98. The minimum absolute atomic E-state index is 0.178. The van der Waals surface area contributed by atoms with Crippen molar-refractivity contribution in [3.8, 4) is 11.3 Å². The summed E-state index contributed by atoms with van der Waals surface area (Å²) in [6, 6.07) is 10.7. The third-order valence-corrected chi connectivity index (χ3v) is 3.81. The molecule has 0 aliphatic rings. The van der Waals surface area contributed by atoms with Gasteiger partial charge in [0.2, 0.25) is 5.91 Å². The Balaban J connectivity index is 1.58. The molecule has 0 fully saturated rings. The third-order valence-electron chi connectivity index (χ3n) is 3.25. The molecule has 0 unspecified atom stereocenters. The van der Waals surface area contributed by atoms with Crippen LogP contribution in [0, 0.1) is 0 Å². The van der Waals surface area contributed by atoms with Crippen molar-refractivity contribution in [2.24, 2.45) is 0 Å². The Kier molecular flexibility index (Phi) is 5.13. The molecule has 24 heavy (non-hydrogen) atoms. The number of benzene rings is 1. The van der Waals surface area contributed by atoms with Gasteiger partial charge in [0, 0.05) is 24.6 Å². The molecule has 5 nitrogen and oxygen atoms in total. The fraction of sp³-hybridized carbons (Fsp3) is 0.118. The molecule has 1 amide bonds. The molecular formula is C17H13Cl2N3O2. The van der Waals surface area contributed by atoms with Gasteiger partial charge in [-0.25, -0.2) is 9.97 Å². The lowest BCUT2D eigenvalue weighted by molar-refractivity contribution is -0.116. The van der Waals surface area contributed by atoms with Gasteiger partial charge in [0.15, 0.2) is 11.7 Å². The number of anilines is 1. The smallest absolute Gasteiger partial charge is 0.226 e. The van der Waals surface area contributed by atoms with Crippen LogP contribution in [0.3, 0.4) is 0 Å². The van der Waals surface area contributed by atoms with Crippen LogP contribution in [0.25, 0.3) is 11.3 Å². The van der Waals surface area contributed by atoms with Gasteiger partial charge >= 0.3 is 0 Å². The lowest BCUT2D eigenvalue weighted by Crippen LogP contribution is -2.13. The van der Waals surface area contributed by atoms with E-state index in [1.165, 1.54) is 6.20 Å². The van der Waals surface area contributed by atoms with Crippen molar-refractivity contribution in [3.63, 3.8) is 0 Å². The molecule has 0 aliphatic carbocycles. The van der Waals surface area contributed by atoms with Crippen molar-refractivity contribution in [2.75, 3.05) is 5.32 Å². The number of halogens is 2. The first-order chi connectivity index (χ1) is 11.6. The summed E-state index contributed by atoms with van der Waals surface area (Å²) in [6.07, 6.45) is 3.69. The topological polar surface area (TPSA) is 68.0 Å². The van der Waals surface area contributed by atoms with E-state index < -0.39 is 0 Å². The molecule has 0 spiro atoms. The van der Waals surface area contributed by atoms with Crippen molar-refractivity contribution in [1.82, 2.24) is 9.97 Å². The van der Waals surface area contributed by atoms with E-state index in [4.69, 9.17) is 27.6 Å². The molecule has 0 atom stereocenters. The summed E-state index contributed by atoms with van der Waals surface area (Å²) in [7, 11) is 0. The number of hydrogen-bond donors (Lipinski definition) is 1. The fourth-order valence-corrected chi connectivity index (χ4v) is 2.43. The quantitative estimate of drug-likeness (QED) is 0.719. The number of nitrogens with zero attached hydrogens (tertiary/aromatic N) is 2. The second-order valence-electron chi connectivity index (χ2n) is 5.01. The number of nitrogens with one attached hydrogen (secondary N) is 1. The van der Waals surface area contributed by atoms with Gasteiger partial charge in [0.05, 0.1) is 16.2 Å². The summed E-state index contributed by atoms with van der Waals surface area (Å²) in [5, 5.41) is 3.79. The lowest BCUT2D eigenvalue weighted by Gasteiger charge is -2.03. The van der Waals surface area contributed by atoms with Gasteiger partial charge in [-0.1, -0.05) is 35.3 Å². The highest BCUT2D eigenvalue weighted by Crippen LogP contribution is 2.28. The predicted octanol–water partition coefficient (Wildman–Crippen LogP) is 4.61. The first kappa shape index (κ1) is 16.5. The Labute approximate surface area is 148 Å². The Morgan fingerprint density at radius 2 is 1.92 bits per heavy atom. The third kappa shape index (κ3) is 4.13. The number of hydrogen-bond acceptors (Lipinski definition) is 4. The molecule has 2 aromatic heterocycles. The molecule has 0 saturated carbocycles. The summed E-state index contributed by atoms with van der Waals surface area (Å²) in [6.45, 7) is 0. The summed E-state index contributed by atoms with van der Waals surface area (Å²) >= 11 is 11.9. The molecule has 1 aromatic carbocycles. The molecular weight excluding hydrogens is 349 g/mol. The minimum Gasteiger partial charge on any atom is -0.441 e. The summed E-state index contributed by atoms with van der Waals surface area (Å²) in [5.41, 5.74) is 0.771. The number of carbonyl (C=O) groups excluding carboxylic acids is 1. The maximum Gasteiger partial charge on any atom is 0.226 e.